The van der Waals surface area contributed by atoms with E-state index in [0.29, 0.717) is 19.6 Å². The van der Waals surface area contributed by atoms with Gasteiger partial charge in [-0.1, -0.05) is 15.9 Å². The molecule has 0 aliphatic carbocycles. The van der Waals surface area contributed by atoms with Gasteiger partial charge < -0.3 is 9.47 Å². The Kier molecular flexibility index (Phi) is 5.19. The van der Waals surface area contributed by atoms with Crippen LogP contribution in [0, 0.1) is 0 Å². The molecule has 1 N–H and O–H groups in total. The highest BCUT2D eigenvalue weighted by Crippen LogP contribution is 2.22. The fraction of sp³-hybridized carbons (Fsp3) is 0.538. The quantitative estimate of drug-likeness (QED) is 0.871. The molecule has 1 aliphatic heterocycles. The van der Waals surface area contributed by atoms with Crippen LogP contribution in [-0.2, 0) is 19.5 Å². The van der Waals surface area contributed by atoms with Gasteiger partial charge in [0.2, 0.25) is 10.0 Å². The van der Waals surface area contributed by atoms with E-state index >= 15 is 0 Å². The van der Waals surface area contributed by atoms with E-state index in [1.54, 1.807) is 24.3 Å². The van der Waals surface area contributed by atoms with E-state index in [1.165, 1.54) is 0 Å². The Bertz CT molecular complexity index is 538. The molecule has 1 aromatic carbocycles. The smallest absolute Gasteiger partial charge is 0.240 e. The van der Waals surface area contributed by atoms with Crippen LogP contribution in [0.2, 0.25) is 0 Å². The van der Waals surface area contributed by atoms with Crippen LogP contribution in [0.15, 0.2) is 33.6 Å². The molecule has 20 heavy (non-hydrogen) atoms. The summed E-state index contributed by atoms with van der Waals surface area (Å²) in [5.74, 6) is -0.694. The molecule has 1 aliphatic rings. The van der Waals surface area contributed by atoms with Crippen molar-refractivity contribution >= 4 is 26.0 Å². The lowest BCUT2D eigenvalue weighted by Gasteiger charge is -2.33. The summed E-state index contributed by atoms with van der Waals surface area (Å²) in [5, 5.41) is 0. The Hall–Kier alpha value is -0.470. The summed E-state index contributed by atoms with van der Waals surface area (Å²) in [6.45, 7) is 3.40. The van der Waals surface area contributed by atoms with Crippen molar-refractivity contribution in [3.8, 4) is 0 Å². The van der Waals surface area contributed by atoms with Gasteiger partial charge in [0.1, 0.15) is 0 Å². The van der Waals surface area contributed by atoms with E-state index in [4.69, 9.17) is 9.47 Å². The molecule has 1 fully saturated rings. The third kappa shape index (κ3) is 4.26. The van der Waals surface area contributed by atoms with Gasteiger partial charge in [-0.2, -0.15) is 0 Å². The Morgan fingerprint density at radius 3 is 2.45 bits per heavy atom. The monoisotopic (exact) mass is 363 g/mol. The summed E-state index contributed by atoms with van der Waals surface area (Å²) >= 11 is 3.28. The van der Waals surface area contributed by atoms with Crippen LogP contribution in [0.4, 0.5) is 0 Å². The molecule has 112 valence electrons. The zero-order valence-electron chi connectivity index (χ0n) is 11.3. The van der Waals surface area contributed by atoms with Crippen LogP contribution in [-0.4, -0.2) is 34.0 Å². The van der Waals surface area contributed by atoms with E-state index in [0.717, 1.165) is 10.9 Å². The minimum absolute atomic E-state index is 0.247. The van der Waals surface area contributed by atoms with Gasteiger partial charge >= 0.3 is 0 Å². The molecule has 0 saturated carbocycles. The second-order valence-corrected chi connectivity index (χ2v) is 7.47. The first-order chi connectivity index (χ1) is 9.41. The number of rotatable bonds is 5. The first-order valence-electron chi connectivity index (χ1n) is 6.44. The maximum Gasteiger partial charge on any atom is 0.240 e. The molecule has 2 rings (SSSR count). The summed E-state index contributed by atoms with van der Waals surface area (Å²) in [6, 6.07) is 6.51. The third-order valence-electron chi connectivity index (χ3n) is 3.10. The molecule has 0 amide bonds. The van der Waals surface area contributed by atoms with Crippen molar-refractivity contribution in [2.45, 2.75) is 30.4 Å². The molecule has 7 heteroatoms. The molecule has 1 aromatic rings. The largest absolute Gasteiger partial charge is 0.350 e. The number of benzene rings is 1. The number of ether oxygens (including phenoxy) is 2. The van der Waals surface area contributed by atoms with Gasteiger partial charge in [-0.05, 0) is 37.6 Å². The maximum absolute atomic E-state index is 12.1. The number of halogens is 1. The topological polar surface area (TPSA) is 64.6 Å². The van der Waals surface area contributed by atoms with Crippen molar-refractivity contribution in [2.24, 2.45) is 0 Å². The maximum atomic E-state index is 12.1. The molecule has 0 bridgehead atoms. The summed E-state index contributed by atoms with van der Waals surface area (Å²) in [4.78, 5) is 0.247. The average Bonchev–Trinajstić information content (AvgIpc) is 2.39. The van der Waals surface area contributed by atoms with Gasteiger partial charge in [0.15, 0.2) is 5.79 Å². The molecule has 5 nitrogen and oxygen atoms in total. The highest BCUT2D eigenvalue weighted by molar-refractivity contribution is 9.10. The summed E-state index contributed by atoms with van der Waals surface area (Å²) < 4.78 is 38.6. The molecule has 0 spiro atoms. The second-order valence-electron chi connectivity index (χ2n) is 4.79. The molecule has 0 radical (unpaired) electrons. The van der Waals surface area contributed by atoms with Gasteiger partial charge in [-0.15, -0.1) is 0 Å². The molecule has 0 atom stereocenters. The fourth-order valence-electron chi connectivity index (χ4n) is 1.93. The molecule has 0 unspecified atom stereocenters. The first kappa shape index (κ1) is 15.9. The number of nitrogens with one attached hydrogen (secondary N) is 1. The van der Waals surface area contributed by atoms with Crippen LogP contribution < -0.4 is 4.72 Å². The van der Waals surface area contributed by atoms with Gasteiger partial charge in [0.25, 0.3) is 0 Å². The van der Waals surface area contributed by atoms with Crippen molar-refractivity contribution < 1.29 is 17.9 Å². The zero-order chi connectivity index (χ0) is 14.6. The lowest BCUT2D eigenvalue weighted by atomic mass is 10.2. The molecule has 1 heterocycles. The predicted molar refractivity (Wildman–Crippen MR) is 78.9 cm³/mol. The minimum Gasteiger partial charge on any atom is -0.350 e. The Morgan fingerprint density at radius 1 is 1.25 bits per heavy atom. The molecule has 1 saturated heterocycles. The van der Waals surface area contributed by atoms with Crippen LogP contribution >= 0.6 is 15.9 Å². The van der Waals surface area contributed by atoms with E-state index < -0.39 is 15.8 Å². The van der Waals surface area contributed by atoms with Gasteiger partial charge in [-0.25, -0.2) is 13.1 Å². The van der Waals surface area contributed by atoms with E-state index in [-0.39, 0.29) is 11.4 Å². The first-order valence-corrected chi connectivity index (χ1v) is 8.72. The number of hydrogen-bond donors (Lipinski definition) is 1. The molecular weight excluding hydrogens is 346 g/mol. The summed E-state index contributed by atoms with van der Waals surface area (Å²) in [7, 11) is -3.49. The average molecular weight is 364 g/mol. The normalized spacial score (nSPS) is 18.9. The SMILES string of the molecule is CC1(CCNS(=O)(=O)c2ccc(Br)cc2)OCCCO1. The Labute approximate surface area is 127 Å². The third-order valence-corrected chi connectivity index (χ3v) is 5.10. The van der Waals surface area contributed by atoms with E-state index in [2.05, 4.69) is 20.7 Å². The molecule has 0 aromatic heterocycles. The van der Waals surface area contributed by atoms with Gasteiger partial charge in [0, 0.05) is 17.4 Å². The second kappa shape index (κ2) is 6.53. The Morgan fingerprint density at radius 2 is 1.85 bits per heavy atom. The van der Waals surface area contributed by atoms with Crippen LogP contribution in [0.5, 0.6) is 0 Å². The van der Waals surface area contributed by atoms with Crippen LogP contribution in [0.25, 0.3) is 0 Å². The molecular formula is C13H18BrNO4S. The van der Waals surface area contributed by atoms with Crippen LogP contribution in [0.3, 0.4) is 0 Å². The highest BCUT2D eigenvalue weighted by Gasteiger charge is 2.29. The van der Waals surface area contributed by atoms with Crippen molar-refractivity contribution in [3.63, 3.8) is 0 Å². The number of sulfonamides is 1. The van der Waals surface area contributed by atoms with Crippen molar-refractivity contribution in [1.29, 1.82) is 0 Å². The fourth-order valence-corrected chi connectivity index (χ4v) is 3.23. The van der Waals surface area contributed by atoms with Gasteiger partial charge in [0.05, 0.1) is 18.1 Å². The Balaban J connectivity index is 1.91. The van der Waals surface area contributed by atoms with Gasteiger partial charge in [-0.3, -0.25) is 0 Å². The predicted octanol–water partition coefficient (Wildman–Crippen LogP) is 2.27. The minimum atomic E-state index is -3.49. The summed E-state index contributed by atoms with van der Waals surface area (Å²) in [6.07, 6.45) is 1.35. The highest BCUT2D eigenvalue weighted by atomic mass is 79.9. The summed E-state index contributed by atoms with van der Waals surface area (Å²) in [5.41, 5.74) is 0. The van der Waals surface area contributed by atoms with E-state index in [1.807, 2.05) is 6.92 Å². The lowest BCUT2D eigenvalue weighted by molar-refractivity contribution is -0.257. The standard InChI is InChI=1S/C13H18BrNO4S/c1-13(18-9-2-10-19-13)7-8-15-20(16,17)12-5-3-11(14)4-6-12/h3-6,15H,2,7-10H2,1H3. The van der Waals surface area contributed by atoms with Crippen molar-refractivity contribution in [2.75, 3.05) is 19.8 Å². The van der Waals surface area contributed by atoms with Crippen LogP contribution in [0.1, 0.15) is 19.8 Å². The van der Waals surface area contributed by atoms with Crippen molar-refractivity contribution in [1.82, 2.24) is 4.72 Å². The van der Waals surface area contributed by atoms with E-state index in [9.17, 15) is 8.42 Å². The lowest BCUT2D eigenvalue weighted by Crippen LogP contribution is -2.40. The zero-order valence-corrected chi connectivity index (χ0v) is 13.7. The number of hydrogen-bond acceptors (Lipinski definition) is 4. The van der Waals surface area contributed by atoms with Crippen molar-refractivity contribution in [3.05, 3.63) is 28.7 Å².